The van der Waals surface area contributed by atoms with Crippen molar-refractivity contribution in [1.82, 2.24) is 10.2 Å². The lowest BCUT2D eigenvalue weighted by Gasteiger charge is -2.32. The van der Waals surface area contributed by atoms with E-state index in [2.05, 4.69) is 12.2 Å². The largest absolute Gasteiger partial charge is 0.380 e. The second-order valence-electron chi connectivity index (χ2n) is 4.45. The molecule has 4 heteroatoms. The molecule has 4 nitrogen and oxygen atoms in total. The molecule has 0 spiro atoms. The number of hydrogen-bond acceptors (Lipinski definition) is 3. The van der Waals surface area contributed by atoms with E-state index in [-0.39, 0.29) is 11.8 Å². The Kier molecular flexibility index (Phi) is 5.77. The predicted octanol–water partition coefficient (Wildman–Crippen LogP) is 0.869. The molecule has 0 aromatic carbocycles. The fourth-order valence-electron chi connectivity index (χ4n) is 2.12. The molecular formula is C12H24N2O2. The zero-order valence-corrected chi connectivity index (χ0v) is 10.7. The van der Waals surface area contributed by atoms with E-state index in [4.69, 9.17) is 4.74 Å². The SMILES string of the molecule is CCOCCN(C)C(=O)C1CCCNC1C. The maximum Gasteiger partial charge on any atom is 0.227 e. The van der Waals surface area contributed by atoms with Crippen molar-refractivity contribution in [2.24, 2.45) is 5.92 Å². The summed E-state index contributed by atoms with van der Waals surface area (Å²) in [6, 6.07) is 0.302. The van der Waals surface area contributed by atoms with E-state index in [9.17, 15) is 4.79 Å². The molecule has 94 valence electrons. The molecule has 0 aromatic heterocycles. The highest BCUT2D eigenvalue weighted by Gasteiger charge is 2.29. The van der Waals surface area contributed by atoms with E-state index in [0.717, 1.165) is 19.4 Å². The van der Waals surface area contributed by atoms with Crippen LogP contribution in [0, 0.1) is 5.92 Å². The topological polar surface area (TPSA) is 41.6 Å². The van der Waals surface area contributed by atoms with Crippen molar-refractivity contribution in [2.45, 2.75) is 32.7 Å². The summed E-state index contributed by atoms with van der Waals surface area (Å²) >= 11 is 0. The quantitative estimate of drug-likeness (QED) is 0.710. The highest BCUT2D eigenvalue weighted by molar-refractivity contribution is 5.79. The Labute approximate surface area is 98.3 Å². The number of amides is 1. The third kappa shape index (κ3) is 3.76. The van der Waals surface area contributed by atoms with Crippen molar-refractivity contribution in [3.05, 3.63) is 0 Å². The summed E-state index contributed by atoms with van der Waals surface area (Å²) in [5, 5.41) is 3.36. The minimum atomic E-state index is 0.139. The monoisotopic (exact) mass is 228 g/mol. The van der Waals surface area contributed by atoms with Crippen molar-refractivity contribution < 1.29 is 9.53 Å². The summed E-state index contributed by atoms with van der Waals surface area (Å²) in [7, 11) is 1.86. The Morgan fingerprint density at radius 2 is 2.31 bits per heavy atom. The van der Waals surface area contributed by atoms with E-state index >= 15 is 0 Å². The van der Waals surface area contributed by atoms with Gasteiger partial charge < -0.3 is 15.0 Å². The molecule has 1 N–H and O–H groups in total. The molecule has 0 bridgehead atoms. The van der Waals surface area contributed by atoms with Crippen LogP contribution in [-0.4, -0.2) is 50.2 Å². The first-order valence-corrected chi connectivity index (χ1v) is 6.23. The van der Waals surface area contributed by atoms with Gasteiger partial charge >= 0.3 is 0 Å². The number of ether oxygens (including phenoxy) is 1. The normalized spacial score (nSPS) is 25.4. The maximum atomic E-state index is 12.1. The number of piperidine rings is 1. The van der Waals surface area contributed by atoms with Crippen LogP contribution in [0.15, 0.2) is 0 Å². The number of carbonyl (C=O) groups is 1. The molecule has 1 saturated heterocycles. The molecule has 1 aliphatic heterocycles. The number of nitrogens with zero attached hydrogens (tertiary/aromatic N) is 1. The molecule has 1 fully saturated rings. The molecule has 1 aliphatic rings. The van der Waals surface area contributed by atoms with E-state index in [0.29, 0.717) is 25.8 Å². The van der Waals surface area contributed by atoms with E-state index < -0.39 is 0 Å². The molecule has 1 heterocycles. The molecule has 0 aliphatic carbocycles. The number of likely N-dealkylation sites (N-methyl/N-ethyl adjacent to an activating group) is 1. The van der Waals surface area contributed by atoms with Gasteiger partial charge in [0.2, 0.25) is 5.91 Å². The molecule has 2 unspecified atom stereocenters. The van der Waals surface area contributed by atoms with Gasteiger partial charge in [-0.2, -0.15) is 0 Å². The molecular weight excluding hydrogens is 204 g/mol. The minimum absolute atomic E-state index is 0.139. The number of rotatable bonds is 5. The van der Waals surface area contributed by atoms with Gasteiger partial charge in [0.25, 0.3) is 0 Å². The van der Waals surface area contributed by atoms with Crippen molar-refractivity contribution in [3.63, 3.8) is 0 Å². The maximum absolute atomic E-state index is 12.1. The Balaban J connectivity index is 2.36. The molecule has 0 saturated carbocycles. The molecule has 0 radical (unpaired) electrons. The van der Waals surface area contributed by atoms with Crippen molar-refractivity contribution in [1.29, 1.82) is 0 Å². The molecule has 1 rings (SSSR count). The van der Waals surface area contributed by atoms with E-state index in [1.807, 2.05) is 14.0 Å². The van der Waals surface area contributed by atoms with Crippen molar-refractivity contribution in [3.8, 4) is 0 Å². The van der Waals surface area contributed by atoms with Gasteiger partial charge in [-0.1, -0.05) is 0 Å². The van der Waals surface area contributed by atoms with Gasteiger partial charge in [0.15, 0.2) is 0 Å². The summed E-state index contributed by atoms with van der Waals surface area (Å²) in [5.74, 6) is 0.389. The van der Waals surface area contributed by atoms with Gasteiger partial charge in [-0.05, 0) is 33.2 Å². The van der Waals surface area contributed by atoms with Crippen LogP contribution in [-0.2, 0) is 9.53 Å². The van der Waals surface area contributed by atoms with Gasteiger partial charge in [-0.3, -0.25) is 4.79 Å². The van der Waals surface area contributed by atoms with Crippen LogP contribution < -0.4 is 5.32 Å². The van der Waals surface area contributed by atoms with Crippen LogP contribution in [0.4, 0.5) is 0 Å². The molecule has 1 amide bonds. The average molecular weight is 228 g/mol. The van der Waals surface area contributed by atoms with Crippen LogP contribution in [0.25, 0.3) is 0 Å². The minimum Gasteiger partial charge on any atom is -0.380 e. The average Bonchev–Trinajstić information content (AvgIpc) is 2.29. The Morgan fingerprint density at radius 3 is 2.94 bits per heavy atom. The Bertz CT molecular complexity index is 221. The molecule has 2 atom stereocenters. The van der Waals surface area contributed by atoms with Gasteiger partial charge in [0, 0.05) is 26.2 Å². The lowest BCUT2D eigenvalue weighted by molar-refractivity contribution is -0.136. The number of hydrogen-bond donors (Lipinski definition) is 1. The fourth-order valence-corrected chi connectivity index (χ4v) is 2.12. The van der Waals surface area contributed by atoms with Crippen LogP contribution in [0.3, 0.4) is 0 Å². The standard InChI is InChI=1S/C12H24N2O2/c1-4-16-9-8-14(3)12(15)11-6-5-7-13-10(11)2/h10-11,13H,4-9H2,1-3H3. The van der Waals surface area contributed by atoms with Crippen LogP contribution >= 0.6 is 0 Å². The summed E-state index contributed by atoms with van der Waals surface area (Å²) in [5.41, 5.74) is 0. The summed E-state index contributed by atoms with van der Waals surface area (Å²) < 4.78 is 5.26. The lowest BCUT2D eigenvalue weighted by Crippen LogP contribution is -2.47. The van der Waals surface area contributed by atoms with Gasteiger partial charge in [0.1, 0.15) is 0 Å². The van der Waals surface area contributed by atoms with Crippen molar-refractivity contribution in [2.75, 3.05) is 33.4 Å². The third-order valence-corrected chi connectivity index (χ3v) is 3.23. The van der Waals surface area contributed by atoms with Crippen LogP contribution in [0.2, 0.25) is 0 Å². The summed E-state index contributed by atoms with van der Waals surface area (Å²) in [6.07, 6.45) is 2.10. The lowest BCUT2D eigenvalue weighted by atomic mass is 9.91. The number of nitrogens with one attached hydrogen (secondary N) is 1. The summed E-state index contributed by atoms with van der Waals surface area (Å²) in [6.45, 7) is 7.13. The Hall–Kier alpha value is -0.610. The molecule has 16 heavy (non-hydrogen) atoms. The fraction of sp³-hybridized carbons (Fsp3) is 0.917. The van der Waals surface area contributed by atoms with Crippen molar-refractivity contribution >= 4 is 5.91 Å². The predicted molar refractivity (Wildman–Crippen MR) is 64.3 cm³/mol. The first-order chi connectivity index (χ1) is 7.66. The van der Waals surface area contributed by atoms with E-state index in [1.165, 1.54) is 0 Å². The second-order valence-corrected chi connectivity index (χ2v) is 4.45. The van der Waals surface area contributed by atoms with Gasteiger partial charge in [-0.25, -0.2) is 0 Å². The highest BCUT2D eigenvalue weighted by Crippen LogP contribution is 2.18. The molecule has 0 aromatic rings. The second kappa shape index (κ2) is 6.86. The van der Waals surface area contributed by atoms with Gasteiger partial charge in [0.05, 0.1) is 12.5 Å². The Morgan fingerprint density at radius 1 is 1.56 bits per heavy atom. The van der Waals surface area contributed by atoms with Crippen LogP contribution in [0.5, 0.6) is 0 Å². The highest BCUT2D eigenvalue weighted by atomic mass is 16.5. The van der Waals surface area contributed by atoms with Gasteiger partial charge in [-0.15, -0.1) is 0 Å². The zero-order chi connectivity index (χ0) is 12.0. The smallest absolute Gasteiger partial charge is 0.227 e. The first-order valence-electron chi connectivity index (χ1n) is 6.23. The zero-order valence-electron chi connectivity index (χ0n) is 10.7. The summed E-state index contributed by atoms with van der Waals surface area (Å²) in [4.78, 5) is 13.9. The number of carbonyl (C=O) groups excluding carboxylic acids is 1. The van der Waals surface area contributed by atoms with Crippen LogP contribution in [0.1, 0.15) is 26.7 Å². The third-order valence-electron chi connectivity index (χ3n) is 3.23. The first kappa shape index (κ1) is 13.5. The van der Waals surface area contributed by atoms with E-state index in [1.54, 1.807) is 4.90 Å².